The van der Waals surface area contributed by atoms with Crippen molar-refractivity contribution in [3.05, 3.63) is 28.8 Å². The summed E-state index contributed by atoms with van der Waals surface area (Å²) in [6.45, 7) is 4.21. The summed E-state index contributed by atoms with van der Waals surface area (Å²) in [6, 6.07) is 7.83. The maximum atomic E-state index is 9.37. The van der Waals surface area contributed by atoms with Crippen LogP contribution in [0.3, 0.4) is 0 Å². The van der Waals surface area contributed by atoms with Gasteiger partial charge in [0.05, 0.1) is 19.1 Å². The zero-order valence-corrected chi connectivity index (χ0v) is 11.3. The molecule has 0 saturated heterocycles. The smallest absolute Gasteiger partial charge is 0.123 e. The third-order valence-corrected chi connectivity index (χ3v) is 3.42. The van der Waals surface area contributed by atoms with Gasteiger partial charge < -0.3 is 4.74 Å². The highest BCUT2D eigenvalue weighted by Crippen LogP contribution is 2.36. The molecule has 92 valence electrons. The summed E-state index contributed by atoms with van der Waals surface area (Å²) in [6.07, 6.45) is 1.95. The number of nitrogens with zero attached hydrogens (tertiary/aromatic N) is 1. The Balaban J connectivity index is 3.19. The van der Waals surface area contributed by atoms with E-state index in [2.05, 4.69) is 19.9 Å². The van der Waals surface area contributed by atoms with Gasteiger partial charge in [-0.1, -0.05) is 38.3 Å². The largest absolute Gasteiger partial charge is 0.496 e. The Morgan fingerprint density at radius 3 is 2.47 bits per heavy atom. The van der Waals surface area contributed by atoms with E-state index in [-0.39, 0.29) is 5.92 Å². The molecule has 17 heavy (non-hydrogen) atoms. The first-order chi connectivity index (χ1) is 8.17. The van der Waals surface area contributed by atoms with Crippen molar-refractivity contribution < 1.29 is 4.74 Å². The van der Waals surface area contributed by atoms with E-state index in [0.29, 0.717) is 10.9 Å². The molecule has 1 rings (SSSR count). The van der Waals surface area contributed by atoms with Crippen LogP contribution in [0.1, 0.15) is 38.2 Å². The van der Waals surface area contributed by atoms with Crippen LogP contribution in [0.15, 0.2) is 18.2 Å². The molecule has 0 bridgehead atoms. The molecular formula is C14H18ClNO. The van der Waals surface area contributed by atoms with E-state index in [0.717, 1.165) is 24.2 Å². The maximum Gasteiger partial charge on any atom is 0.123 e. The second-order valence-corrected chi connectivity index (χ2v) is 4.51. The third-order valence-electron chi connectivity index (χ3n) is 3.19. The molecule has 0 radical (unpaired) electrons. The Morgan fingerprint density at radius 2 is 2.00 bits per heavy atom. The van der Waals surface area contributed by atoms with Gasteiger partial charge >= 0.3 is 0 Å². The minimum Gasteiger partial charge on any atom is -0.496 e. The number of ether oxygens (including phenoxy) is 1. The second kappa shape index (κ2) is 6.51. The normalized spacial score (nSPS) is 12.2. The molecule has 1 unspecified atom stereocenters. The van der Waals surface area contributed by atoms with Crippen molar-refractivity contribution in [3.8, 4) is 11.8 Å². The highest BCUT2D eigenvalue weighted by Gasteiger charge is 2.23. The average molecular weight is 252 g/mol. The monoisotopic (exact) mass is 251 g/mol. The van der Waals surface area contributed by atoms with Gasteiger partial charge in [0.15, 0.2) is 0 Å². The van der Waals surface area contributed by atoms with Crippen LogP contribution in [0.2, 0.25) is 5.02 Å². The molecule has 0 aliphatic rings. The average Bonchev–Trinajstić information content (AvgIpc) is 2.35. The molecule has 0 spiro atoms. The van der Waals surface area contributed by atoms with Crippen LogP contribution in [0.5, 0.6) is 5.75 Å². The van der Waals surface area contributed by atoms with Crippen molar-refractivity contribution in [3.63, 3.8) is 0 Å². The lowest BCUT2D eigenvalue weighted by Gasteiger charge is -2.21. The standard InChI is InChI=1S/C14H18ClNO/c1-4-10(5-2)13(9-16)12-8-11(15)6-7-14(12)17-3/h6-8,10,13H,4-5H2,1-3H3. The Kier molecular flexibility index (Phi) is 5.31. The summed E-state index contributed by atoms with van der Waals surface area (Å²) in [5, 5.41) is 10.0. The lowest BCUT2D eigenvalue weighted by Crippen LogP contribution is -2.11. The molecule has 0 fully saturated rings. The zero-order chi connectivity index (χ0) is 12.8. The first-order valence-corrected chi connectivity index (χ1v) is 6.28. The molecule has 0 aromatic heterocycles. The van der Waals surface area contributed by atoms with E-state index >= 15 is 0 Å². The summed E-state index contributed by atoms with van der Waals surface area (Å²) in [4.78, 5) is 0. The molecular weight excluding hydrogens is 234 g/mol. The number of benzene rings is 1. The maximum absolute atomic E-state index is 9.37. The number of methoxy groups -OCH3 is 1. The van der Waals surface area contributed by atoms with Gasteiger partial charge in [0, 0.05) is 10.6 Å². The Morgan fingerprint density at radius 1 is 1.35 bits per heavy atom. The fourth-order valence-corrected chi connectivity index (χ4v) is 2.32. The first kappa shape index (κ1) is 13.9. The van der Waals surface area contributed by atoms with Crippen molar-refractivity contribution in [1.29, 1.82) is 5.26 Å². The summed E-state index contributed by atoms with van der Waals surface area (Å²) in [5.41, 5.74) is 0.899. The number of hydrogen-bond acceptors (Lipinski definition) is 2. The van der Waals surface area contributed by atoms with Gasteiger partial charge in [-0.15, -0.1) is 0 Å². The molecule has 0 aliphatic carbocycles. The lowest BCUT2D eigenvalue weighted by atomic mass is 9.83. The predicted octanol–water partition coefficient (Wildman–Crippen LogP) is 4.39. The quantitative estimate of drug-likeness (QED) is 0.777. The van der Waals surface area contributed by atoms with Crippen LogP contribution in [-0.4, -0.2) is 7.11 Å². The van der Waals surface area contributed by atoms with Crippen molar-refractivity contribution in [2.24, 2.45) is 5.92 Å². The minimum atomic E-state index is -0.154. The van der Waals surface area contributed by atoms with Crippen LogP contribution in [0, 0.1) is 17.2 Å². The summed E-state index contributed by atoms with van der Waals surface area (Å²) < 4.78 is 5.31. The van der Waals surface area contributed by atoms with Gasteiger partial charge in [-0.3, -0.25) is 0 Å². The highest BCUT2D eigenvalue weighted by molar-refractivity contribution is 6.30. The summed E-state index contributed by atoms with van der Waals surface area (Å²) in [7, 11) is 1.62. The SMILES string of the molecule is CCC(CC)C(C#N)c1cc(Cl)ccc1OC. The molecule has 0 saturated carbocycles. The fraction of sp³-hybridized carbons (Fsp3) is 0.500. The lowest BCUT2D eigenvalue weighted by molar-refractivity contribution is 0.392. The van der Waals surface area contributed by atoms with E-state index in [1.165, 1.54) is 0 Å². The Hall–Kier alpha value is -1.20. The molecule has 0 aliphatic heterocycles. The van der Waals surface area contributed by atoms with Gasteiger partial charge in [-0.2, -0.15) is 5.26 Å². The van der Waals surface area contributed by atoms with Gasteiger partial charge in [0.25, 0.3) is 0 Å². The molecule has 0 amide bonds. The predicted molar refractivity (Wildman–Crippen MR) is 70.4 cm³/mol. The molecule has 0 N–H and O–H groups in total. The van der Waals surface area contributed by atoms with E-state index in [9.17, 15) is 5.26 Å². The molecule has 1 atom stereocenters. The Labute approximate surface area is 108 Å². The van der Waals surface area contributed by atoms with E-state index < -0.39 is 0 Å². The number of halogens is 1. The second-order valence-electron chi connectivity index (χ2n) is 4.07. The number of rotatable bonds is 5. The summed E-state index contributed by atoms with van der Waals surface area (Å²) in [5.74, 6) is 0.930. The molecule has 1 aromatic carbocycles. The number of hydrogen-bond donors (Lipinski definition) is 0. The van der Waals surface area contributed by atoms with Crippen molar-refractivity contribution in [2.45, 2.75) is 32.6 Å². The fourth-order valence-electron chi connectivity index (χ4n) is 2.14. The van der Waals surface area contributed by atoms with Crippen LogP contribution in [0.25, 0.3) is 0 Å². The van der Waals surface area contributed by atoms with E-state index in [1.807, 2.05) is 12.1 Å². The first-order valence-electron chi connectivity index (χ1n) is 5.90. The van der Waals surface area contributed by atoms with Crippen molar-refractivity contribution in [2.75, 3.05) is 7.11 Å². The number of nitriles is 1. The van der Waals surface area contributed by atoms with Crippen LogP contribution in [0.4, 0.5) is 0 Å². The molecule has 0 heterocycles. The minimum absolute atomic E-state index is 0.154. The van der Waals surface area contributed by atoms with E-state index in [1.54, 1.807) is 13.2 Å². The Bertz CT molecular complexity index is 407. The van der Waals surface area contributed by atoms with Crippen LogP contribution < -0.4 is 4.74 Å². The summed E-state index contributed by atoms with van der Waals surface area (Å²) >= 11 is 6.00. The van der Waals surface area contributed by atoms with Gasteiger partial charge in [0.1, 0.15) is 5.75 Å². The van der Waals surface area contributed by atoms with E-state index in [4.69, 9.17) is 16.3 Å². The molecule has 1 aromatic rings. The molecule has 2 nitrogen and oxygen atoms in total. The van der Waals surface area contributed by atoms with Crippen LogP contribution >= 0.6 is 11.6 Å². The topological polar surface area (TPSA) is 33.0 Å². The molecule has 3 heteroatoms. The van der Waals surface area contributed by atoms with Crippen molar-refractivity contribution in [1.82, 2.24) is 0 Å². The third kappa shape index (κ3) is 3.14. The highest BCUT2D eigenvalue weighted by atomic mass is 35.5. The van der Waals surface area contributed by atoms with Crippen molar-refractivity contribution >= 4 is 11.6 Å². The van der Waals surface area contributed by atoms with Gasteiger partial charge in [0.2, 0.25) is 0 Å². The van der Waals surface area contributed by atoms with Crippen LogP contribution in [-0.2, 0) is 0 Å². The van der Waals surface area contributed by atoms with Gasteiger partial charge in [-0.05, 0) is 24.1 Å². The zero-order valence-electron chi connectivity index (χ0n) is 10.5. The van der Waals surface area contributed by atoms with Gasteiger partial charge in [-0.25, -0.2) is 0 Å².